The lowest BCUT2D eigenvalue weighted by Crippen LogP contribution is -2.17. The summed E-state index contributed by atoms with van der Waals surface area (Å²) in [5, 5.41) is 0. The molecule has 0 aromatic heterocycles. The van der Waals surface area contributed by atoms with E-state index in [0.717, 1.165) is 0 Å². The summed E-state index contributed by atoms with van der Waals surface area (Å²) in [4.78, 5) is 23.3. The molecule has 98 valence electrons. The van der Waals surface area contributed by atoms with Gasteiger partial charge in [-0.15, -0.1) is 0 Å². The minimum atomic E-state index is -0.377. The summed E-state index contributed by atoms with van der Waals surface area (Å²) < 4.78 is 9.84. The zero-order valence-corrected chi connectivity index (χ0v) is 10.9. The monoisotopic (exact) mass is 250 g/mol. The summed E-state index contributed by atoms with van der Waals surface area (Å²) in [5.41, 5.74) is 0.576. The van der Waals surface area contributed by atoms with Crippen molar-refractivity contribution in [3.8, 4) is 5.75 Å². The molecule has 0 bridgehead atoms. The van der Waals surface area contributed by atoms with Gasteiger partial charge in [0.05, 0.1) is 20.1 Å². The first kappa shape index (κ1) is 14.2. The quantitative estimate of drug-likeness (QED) is 0.575. The Bertz CT molecular complexity index is 408. The van der Waals surface area contributed by atoms with Gasteiger partial charge in [0.25, 0.3) is 0 Å². The molecule has 0 aliphatic carbocycles. The predicted octanol–water partition coefficient (Wildman–Crippen LogP) is 2.47. The van der Waals surface area contributed by atoms with Crippen LogP contribution in [0.4, 0.5) is 0 Å². The fraction of sp³-hybridized carbons (Fsp3) is 0.429. The van der Waals surface area contributed by atoms with Gasteiger partial charge in [-0.25, -0.2) is 0 Å². The molecular formula is C14H18O4. The van der Waals surface area contributed by atoms with E-state index in [2.05, 4.69) is 0 Å². The Kier molecular flexibility index (Phi) is 5.36. The second-order valence-electron chi connectivity index (χ2n) is 4.00. The summed E-state index contributed by atoms with van der Waals surface area (Å²) in [5.74, 6) is -0.0837. The molecule has 1 aromatic rings. The first-order valence-corrected chi connectivity index (χ1v) is 5.92. The lowest BCUT2D eigenvalue weighted by molar-refractivity contribution is -0.143. The Morgan fingerprint density at radius 2 is 1.83 bits per heavy atom. The van der Waals surface area contributed by atoms with Gasteiger partial charge in [-0.05, 0) is 31.2 Å². The van der Waals surface area contributed by atoms with E-state index in [-0.39, 0.29) is 24.1 Å². The SMILES string of the molecule is CCOC(=O)C[C@@H](C)C(=O)c1ccc(OC)cc1. The van der Waals surface area contributed by atoms with E-state index in [9.17, 15) is 9.59 Å². The molecule has 0 radical (unpaired) electrons. The van der Waals surface area contributed by atoms with E-state index in [1.165, 1.54) is 0 Å². The lowest BCUT2D eigenvalue weighted by Gasteiger charge is -2.10. The molecule has 1 atom stereocenters. The molecule has 1 rings (SSSR count). The minimum absolute atomic E-state index is 0.0642. The molecule has 18 heavy (non-hydrogen) atoms. The number of hydrogen-bond acceptors (Lipinski definition) is 4. The second-order valence-corrected chi connectivity index (χ2v) is 4.00. The van der Waals surface area contributed by atoms with E-state index < -0.39 is 0 Å². The first-order valence-electron chi connectivity index (χ1n) is 5.92. The Morgan fingerprint density at radius 1 is 1.22 bits per heavy atom. The molecule has 1 aromatic carbocycles. The van der Waals surface area contributed by atoms with Gasteiger partial charge < -0.3 is 9.47 Å². The van der Waals surface area contributed by atoms with Crippen LogP contribution in [0, 0.1) is 5.92 Å². The molecule has 0 aliphatic heterocycles. The molecule has 0 N–H and O–H groups in total. The van der Waals surface area contributed by atoms with E-state index in [1.807, 2.05) is 0 Å². The molecule has 0 amide bonds. The van der Waals surface area contributed by atoms with E-state index in [0.29, 0.717) is 17.9 Å². The second kappa shape index (κ2) is 6.79. The molecule has 0 heterocycles. The summed E-state index contributed by atoms with van der Waals surface area (Å²) in [6.45, 7) is 3.81. The van der Waals surface area contributed by atoms with Gasteiger partial charge in [0.1, 0.15) is 5.75 Å². The maximum absolute atomic E-state index is 12.0. The van der Waals surface area contributed by atoms with Crippen LogP contribution in [0.15, 0.2) is 24.3 Å². The largest absolute Gasteiger partial charge is 0.497 e. The molecule has 0 saturated heterocycles. The number of ketones is 1. The van der Waals surface area contributed by atoms with Crippen LogP contribution in [0.1, 0.15) is 30.6 Å². The third-order valence-corrected chi connectivity index (χ3v) is 2.60. The Morgan fingerprint density at radius 3 is 2.33 bits per heavy atom. The van der Waals surface area contributed by atoms with Crippen molar-refractivity contribution in [3.63, 3.8) is 0 Å². The van der Waals surface area contributed by atoms with Gasteiger partial charge in [-0.3, -0.25) is 9.59 Å². The first-order chi connectivity index (χ1) is 8.58. The zero-order valence-electron chi connectivity index (χ0n) is 10.9. The van der Waals surface area contributed by atoms with Crippen LogP contribution in [0.3, 0.4) is 0 Å². The summed E-state index contributed by atoms with van der Waals surface area (Å²) >= 11 is 0. The van der Waals surface area contributed by atoms with Crippen LogP contribution >= 0.6 is 0 Å². The predicted molar refractivity (Wildman–Crippen MR) is 67.7 cm³/mol. The van der Waals surface area contributed by atoms with Crippen LogP contribution in [0.2, 0.25) is 0 Å². The maximum atomic E-state index is 12.0. The van der Waals surface area contributed by atoms with Crippen molar-refractivity contribution in [2.75, 3.05) is 13.7 Å². The summed E-state index contributed by atoms with van der Waals surface area (Å²) in [6.07, 6.45) is 0.110. The van der Waals surface area contributed by atoms with Crippen molar-refractivity contribution in [2.45, 2.75) is 20.3 Å². The van der Waals surface area contributed by atoms with Crippen molar-refractivity contribution in [1.29, 1.82) is 0 Å². The highest BCUT2D eigenvalue weighted by molar-refractivity contribution is 5.99. The number of Topliss-reactive ketones (excluding diaryl/α,β-unsaturated/α-hetero) is 1. The van der Waals surface area contributed by atoms with Crippen molar-refractivity contribution >= 4 is 11.8 Å². The number of carbonyl (C=O) groups excluding carboxylic acids is 2. The number of methoxy groups -OCH3 is 1. The fourth-order valence-corrected chi connectivity index (χ4v) is 1.60. The van der Waals surface area contributed by atoms with Gasteiger partial charge in [0.15, 0.2) is 5.78 Å². The highest BCUT2D eigenvalue weighted by atomic mass is 16.5. The topological polar surface area (TPSA) is 52.6 Å². The van der Waals surface area contributed by atoms with Gasteiger partial charge >= 0.3 is 5.97 Å². The fourth-order valence-electron chi connectivity index (χ4n) is 1.60. The smallest absolute Gasteiger partial charge is 0.306 e. The molecule has 0 aliphatic rings. The Hall–Kier alpha value is -1.84. The minimum Gasteiger partial charge on any atom is -0.497 e. The highest BCUT2D eigenvalue weighted by Crippen LogP contribution is 2.16. The summed E-state index contributed by atoms with van der Waals surface area (Å²) in [7, 11) is 1.57. The molecule has 0 spiro atoms. The number of carbonyl (C=O) groups is 2. The van der Waals surface area contributed by atoms with Gasteiger partial charge in [0, 0.05) is 11.5 Å². The zero-order chi connectivity index (χ0) is 13.5. The van der Waals surface area contributed by atoms with Gasteiger partial charge in [-0.2, -0.15) is 0 Å². The molecule has 4 nitrogen and oxygen atoms in total. The van der Waals surface area contributed by atoms with Gasteiger partial charge in [0.2, 0.25) is 0 Å². The van der Waals surface area contributed by atoms with Crippen molar-refractivity contribution in [1.82, 2.24) is 0 Å². The normalized spacial score (nSPS) is 11.7. The van der Waals surface area contributed by atoms with E-state index >= 15 is 0 Å². The number of rotatable bonds is 6. The lowest BCUT2D eigenvalue weighted by atomic mass is 9.96. The standard InChI is InChI=1S/C14H18O4/c1-4-18-13(15)9-10(2)14(16)11-5-7-12(17-3)8-6-11/h5-8,10H,4,9H2,1-3H3/t10-/m1/s1. The summed E-state index contributed by atoms with van der Waals surface area (Å²) in [6, 6.07) is 6.85. The average molecular weight is 250 g/mol. The number of ether oxygens (including phenoxy) is 2. The molecule has 0 fully saturated rings. The molecular weight excluding hydrogens is 232 g/mol. The van der Waals surface area contributed by atoms with E-state index in [1.54, 1.807) is 45.2 Å². The van der Waals surface area contributed by atoms with E-state index in [4.69, 9.17) is 9.47 Å². The average Bonchev–Trinajstić information content (AvgIpc) is 2.38. The Balaban J connectivity index is 2.64. The van der Waals surface area contributed by atoms with Crippen molar-refractivity contribution < 1.29 is 19.1 Å². The molecule has 0 saturated carbocycles. The van der Waals surface area contributed by atoms with Crippen molar-refractivity contribution in [3.05, 3.63) is 29.8 Å². The van der Waals surface area contributed by atoms with Crippen LogP contribution < -0.4 is 4.74 Å². The number of benzene rings is 1. The van der Waals surface area contributed by atoms with Crippen LogP contribution in [-0.2, 0) is 9.53 Å². The maximum Gasteiger partial charge on any atom is 0.306 e. The molecule has 4 heteroatoms. The molecule has 0 unspecified atom stereocenters. The van der Waals surface area contributed by atoms with Gasteiger partial charge in [-0.1, -0.05) is 6.92 Å². The Labute approximate surface area is 107 Å². The van der Waals surface area contributed by atoms with Crippen LogP contribution in [0.25, 0.3) is 0 Å². The number of esters is 1. The van der Waals surface area contributed by atoms with Crippen molar-refractivity contribution in [2.24, 2.45) is 5.92 Å². The third-order valence-electron chi connectivity index (χ3n) is 2.60. The van der Waals surface area contributed by atoms with Crippen LogP contribution in [-0.4, -0.2) is 25.5 Å². The van der Waals surface area contributed by atoms with Crippen LogP contribution in [0.5, 0.6) is 5.75 Å². The number of hydrogen-bond donors (Lipinski definition) is 0. The highest BCUT2D eigenvalue weighted by Gasteiger charge is 2.19. The third kappa shape index (κ3) is 3.87.